The fourth-order valence-corrected chi connectivity index (χ4v) is 1.28. The van der Waals surface area contributed by atoms with Gasteiger partial charge in [0.1, 0.15) is 5.82 Å². The molecule has 18 heavy (non-hydrogen) atoms. The largest absolute Gasteiger partial charge is 0.383 e. The number of rotatable bonds is 4. The van der Waals surface area contributed by atoms with Gasteiger partial charge in [-0.15, -0.1) is 0 Å². The zero-order chi connectivity index (χ0) is 13.5. The lowest BCUT2D eigenvalue weighted by Gasteiger charge is -2.07. The van der Waals surface area contributed by atoms with Gasteiger partial charge in [0.25, 0.3) is 0 Å². The van der Waals surface area contributed by atoms with Crippen LogP contribution in [0.4, 0.5) is 10.1 Å². The number of hydrogen-bond donors (Lipinski definition) is 2. The fraction of sp³-hybridized carbons (Fsp3) is 0.273. The van der Waals surface area contributed by atoms with E-state index in [9.17, 15) is 14.0 Å². The van der Waals surface area contributed by atoms with Crippen LogP contribution in [0.25, 0.3) is 0 Å². The van der Waals surface area contributed by atoms with E-state index in [2.05, 4.69) is 10.6 Å². The lowest BCUT2D eigenvalue weighted by molar-refractivity contribution is -0.136. The quantitative estimate of drug-likeness (QED) is 0.640. The Labute approximate surface area is 108 Å². The van der Waals surface area contributed by atoms with Gasteiger partial charge in [-0.2, -0.15) is 0 Å². The topological polar surface area (TPSA) is 67.4 Å². The SMILES string of the molecule is COCCNC(=O)C(=O)Nc1ccc(Cl)cc1F. The first kappa shape index (κ1) is 14.4. The van der Waals surface area contributed by atoms with Crippen LogP contribution >= 0.6 is 11.6 Å². The summed E-state index contributed by atoms with van der Waals surface area (Å²) in [5.41, 5.74) is -0.105. The fourth-order valence-electron chi connectivity index (χ4n) is 1.12. The van der Waals surface area contributed by atoms with Crippen molar-refractivity contribution in [2.75, 3.05) is 25.6 Å². The van der Waals surface area contributed by atoms with E-state index in [1.54, 1.807) is 0 Å². The van der Waals surface area contributed by atoms with Crippen molar-refractivity contribution in [1.82, 2.24) is 5.32 Å². The second-order valence-electron chi connectivity index (χ2n) is 3.33. The predicted molar refractivity (Wildman–Crippen MR) is 64.9 cm³/mol. The van der Waals surface area contributed by atoms with E-state index in [0.717, 1.165) is 6.07 Å². The molecule has 0 saturated heterocycles. The number of carbonyl (C=O) groups is 2. The molecule has 0 unspecified atom stereocenters. The zero-order valence-electron chi connectivity index (χ0n) is 9.63. The Morgan fingerprint density at radius 1 is 1.39 bits per heavy atom. The number of hydrogen-bond acceptors (Lipinski definition) is 3. The van der Waals surface area contributed by atoms with Crippen LogP contribution in [0.15, 0.2) is 18.2 Å². The van der Waals surface area contributed by atoms with Crippen LogP contribution in [-0.2, 0) is 14.3 Å². The van der Waals surface area contributed by atoms with E-state index in [0.29, 0.717) is 0 Å². The molecule has 0 bridgehead atoms. The van der Waals surface area contributed by atoms with E-state index < -0.39 is 17.6 Å². The van der Waals surface area contributed by atoms with Gasteiger partial charge in [0, 0.05) is 18.7 Å². The summed E-state index contributed by atoms with van der Waals surface area (Å²) < 4.78 is 18.0. The summed E-state index contributed by atoms with van der Waals surface area (Å²) in [5.74, 6) is -2.52. The third-order valence-corrected chi connectivity index (χ3v) is 2.21. The minimum absolute atomic E-state index is 0.105. The minimum Gasteiger partial charge on any atom is -0.383 e. The van der Waals surface area contributed by atoms with Crippen LogP contribution in [-0.4, -0.2) is 32.1 Å². The van der Waals surface area contributed by atoms with Gasteiger partial charge < -0.3 is 15.4 Å². The first-order chi connectivity index (χ1) is 8.54. The molecular formula is C11H12ClFN2O3. The lowest BCUT2D eigenvalue weighted by atomic mass is 10.3. The maximum absolute atomic E-state index is 13.3. The predicted octanol–water partition coefficient (Wildman–Crippen LogP) is 1.18. The number of carbonyl (C=O) groups excluding carboxylic acids is 2. The molecule has 0 radical (unpaired) electrons. The summed E-state index contributed by atoms with van der Waals surface area (Å²) in [5, 5.41) is 4.65. The second kappa shape index (κ2) is 6.93. The maximum Gasteiger partial charge on any atom is 0.313 e. The molecule has 0 atom stereocenters. The summed E-state index contributed by atoms with van der Waals surface area (Å²) in [4.78, 5) is 22.7. The van der Waals surface area contributed by atoms with Gasteiger partial charge in [0.15, 0.2) is 0 Å². The van der Waals surface area contributed by atoms with Crippen molar-refractivity contribution < 1.29 is 18.7 Å². The molecular weight excluding hydrogens is 263 g/mol. The molecule has 0 spiro atoms. The zero-order valence-corrected chi connectivity index (χ0v) is 10.4. The molecule has 0 heterocycles. The molecule has 0 aliphatic heterocycles. The number of anilines is 1. The number of methoxy groups -OCH3 is 1. The first-order valence-corrected chi connectivity index (χ1v) is 5.45. The summed E-state index contributed by atoms with van der Waals surface area (Å²) in [6.45, 7) is 0.486. The van der Waals surface area contributed by atoms with Crippen LogP contribution in [0.5, 0.6) is 0 Å². The van der Waals surface area contributed by atoms with E-state index in [-0.39, 0.29) is 23.9 Å². The molecule has 2 N–H and O–H groups in total. The van der Waals surface area contributed by atoms with Crippen molar-refractivity contribution in [2.45, 2.75) is 0 Å². The normalized spacial score (nSPS) is 9.94. The van der Waals surface area contributed by atoms with Crippen molar-refractivity contribution in [2.24, 2.45) is 0 Å². The highest BCUT2D eigenvalue weighted by Gasteiger charge is 2.14. The molecule has 0 aliphatic rings. The number of halogens is 2. The van der Waals surface area contributed by atoms with E-state index in [4.69, 9.17) is 16.3 Å². The van der Waals surface area contributed by atoms with Gasteiger partial charge in [-0.05, 0) is 18.2 Å². The average molecular weight is 275 g/mol. The Morgan fingerprint density at radius 2 is 2.11 bits per heavy atom. The Hall–Kier alpha value is -1.66. The van der Waals surface area contributed by atoms with Crippen molar-refractivity contribution in [3.05, 3.63) is 29.0 Å². The van der Waals surface area contributed by atoms with Gasteiger partial charge in [-0.3, -0.25) is 9.59 Å². The van der Waals surface area contributed by atoms with E-state index in [1.165, 1.54) is 19.2 Å². The highest BCUT2D eigenvalue weighted by Crippen LogP contribution is 2.18. The Morgan fingerprint density at radius 3 is 2.72 bits per heavy atom. The Kier molecular flexibility index (Phi) is 5.54. The molecule has 7 heteroatoms. The second-order valence-corrected chi connectivity index (χ2v) is 3.76. The molecule has 0 aromatic heterocycles. The van der Waals surface area contributed by atoms with Crippen molar-refractivity contribution in [3.8, 4) is 0 Å². The third-order valence-electron chi connectivity index (χ3n) is 1.98. The van der Waals surface area contributed by atoms with E-state index >= 15 is 0 Å². The number of benzene rings is 1. The molecule has 0 aliphatic carbocycles. The molecule has 1 aromatic carbocycles. The van der Waals surface area contributed by atoms with Gasteiger partial charge in [0.05, 0.1) is 12.3 Å². The number of nitrogens with one attached hydrogen (secondary N) is 2. The maximum atomic E-state index is 13.3. The summed E-state index contributed by atoms with van der Waals surface area (Å²) in [7, 11) is 1.47. The molecule has 0 saturated carbocycles. The Balaban J connectivity index is 2.56. The van der Waals surface area contributed by atoms with E-state index in [1.807, 2.05) is 0 Å². The average Bonchev–Trinajstić information content (AvgIpc) is 2.32. The Bertz CT molecular complexity index is 454. The molecule has 1 rings (SSSR count). The van der Waals surface area contributed by atoms with Gasteiger partial charge >= 0.3 is 11.8 Å². The standard InChI is InChI=1S/C11H12ClFN2O3/c1-18-5-4-14-10(16)11(17)15-9-3-2-7(12)6-8(9)13/h2-3,6H,4-5H2,1H3,(H,14,16)(H,15,17). The minimum atomic E-state index is -0.952. The van der Waals surface area contributed by atoms with Crippen molar-refractivity contribution in [1.29, 1.82) is 0 Å². The van der Waals surface area contributed by atoms with Crippen LogP contribution in [0.1, 0.15) is 0 Å². The molecule has 0 fully saturated rings. The molecule has 1 aromatic rings. The monoisotopic (exact) mass is 274 g/mol. The molecule has 98 valence electrons. The molecule has 2 amide bonds. The lowest BCUT2D eigenvalue weighted by Crippen LogP contribution is -2.37. The van der Waals surface area contributed by atoms with Crippen molar-refractivity contribution in [3.63, 3.8) is 0 Å². The third kappa shape index (κ3) is 4.31. The van der Waals surface area contributed by atoms with Crippen LogP contribution in [0.2, 0.25) is 5.02 Å². The summed E-state index contributed by atoms with van der Waals surface area (Å²) >= 11 is 5.55. The highest BCUT2D eigenvalue weighted by molar-refractivity contribution is 6.39. The molecule has 5 nitrogen and oxygen atoms in total. The number of ether oxygens (including phenoxy) is 1. The smallest absolute Gasteiger partial charge is 0.313 e. The summed E-state index contributed by atoms with van der Waals surface area (Å²) in [6, 6.07) is 3.72. The van der Waals surface area contributed by atoms with Gasteiger partial charge in [0.2, 0.25) is 0 Å². The van der Waals surface area contributed by atoms with Crippen LogP contribution in [0, 0.1) is 5.82 Å². The first-order valence-electron chi connectivity index (χ1n) is 5.07. The van der Waals surface area contributed by atoms with Crippen LogP contribution < -0.4 is 10.6 Å². The van der Waals surface area contributed by atoms with Gasteiger partial charge in [-0.1, -0.05) is 11.6 Å². The van der Waals surface area contributed by atoms with Crippen LogP contribution in [0.3, 0.4) is 0 Å². The highest BCUT2D eigenvalue weighted by atomic mass is 35.5. The number of amides is 2. The van der Waals surface area contributed by atoms with Gasteiger partial charge in [-0.25, -0.2) is 4.39 Å². The van der Waals surface area contributed by atoms with Crippen molar-refractivity contribution >= 4 is 29.1 Å². The summed E-state index contributed by atoms with van der Waals surface area (Å²) in [6.07, 6.45) is 0.